The van der Waals surface area contributed by atoms with Gasteiger partial charge in [0, 0.05) is 52.4 Å². The van der Waals surface area contributed by atoms with E-state index in [-0.39, 0.29) is 0 Å². The normalized spacial score (nSPS) is 21.5. The molecule has 0 aliphatic carbocycles. The maximum atomic E-state index is 4.81. The van der Waals surface area contributed by atoms with Crippen LogP contribution in [0, 0.1) is 0 Å². The molecular formula is C17H35N5. The lowest BCUT2D eigenvalue weighted by Crippen LogP contribution is -2.46. The molecule has 2 rings (SSSR count). The minimum atomic E-state index is 0.966. The van der Waals surface area contributed by atoms with E-state index in [9.17, 15) is 0 Å². The topological polar surface area (TPSA) is 34.1 Å². The van der Waals surface area contributed by atoms with E-state index in [1.807, 2.05) is 0 Å². The Balaban J connectivity index is 1.59. The quantitative estimate of drug-likeness (QED) is 0.439. The number of likely N-dealkylation sites (N-methyl/N-ethyl adjacent to an activating group) is 1. The van der Waals surface area contributed by atoms with Crippen LogP contribution in [0.4, 0.5) is 0 Å². The zero-order valence-electron chi connectivity index (χ0n) is 14.7. The van der Waals surface area contributed by atoms with Crippen molar-refractivity contribution >= 4 is 5.96 Å². The van der Waals surface area contributed by atoms with Crippen LogP contribution in [0.3, 0.4) is 0 Å². The van der Waals surface area contributed by atoms with E-state index in [4.69, 9.17) is 4.99 Å². The number of aliphatic imine (C=N–C) groups is 1. The van der Waals surface area contributed by atoms with E-state index in [2.05, 4.69) is 33.9 Å². The Hall–Kier alpha value is -0.810. The van der Waals surface area contributed by atoms with Crippen LogP contribution in [0.5, 0.6) is 0 Å². The summed E-state index contributed by atoms with van der Waals surface area (Å²) in [7, 11) is 0. The second kappa shape index (κ2) is 10.1. The van der Waals surface area contributed by atoms with Gasteiger partial charge in [-0.1, -0.05) is 6.92 Å². The maximum Gasteiger partial charge on any atom is 0.193 e. The average Bonchev–Trinajstić information content (AvgIpc) is 3.08. The number of nitrogens with zero attached hydrogens (tertiary/aromatic N) is 4. The summed E-state index contributed by atoms with van der Waals surface area (Å²) >= 11 is 0. The summed E-state index contributed by atoms with van der Waals surface area (Å²) in [6.07, 6.45) is 5.11. The number of likely N-dealkylation sites (tertiary alicyclic amines) is 1. The van der Waals surface area contributed by atoms with Crippen molar-refractivity contribution in [3.63, 3.8) is 0 Å². The first-order chi connectivity index (χ1) is 10.8. The van der Waals surface area contributed by atoms with Crippen molar-refractivity contribution in [1.82, 2.24) is 20.0 Å². The van der Waals surface area contributed by atoms with Crippen molar-refractivity contribution in [3.8, 4) is 0 Å². The van der Waals surface area contributed by atoms with Gasteiger partial charge in [0.1, 0.15) is 0 Å². The van der Waals surface area contributed by atoms with E-state index in [1.54, 1.807) is 0 Å². The van der Waals surface area contributed by atoms with Gasteiger partial charge in [0.2, 0.25) is 0 Å². The molecule has 0 aromatic carbocycles. The van der Waals surface area contributed by atoms with Gasteiger partial charge < -0.3 is 20.0 Å². The molecule has 5 heteroatoms. The Morgan fingerprint density at radius 2 is 1.59 bits per heavy atom. The zero-order valence-corrected chi connectivity index (χ0v) is 14.7. The number of guanidine groups is 1. The van der Waals surface area contributed by atoms with Gasteiger partial charge >= 0.3 is 0 Å². The van der Waals surface area contributed by atoms with E-state index >= 15 is 0 Å². The third-order valence-corrected chi connectivity index (χ3v) is 4.80. The summed E-state index contributed by atoms with van der Waals surface area (Å²) in [5, 5.41) is 3.44. The standard InChI is InChI=1S/C17H35N5/c1-3-18-17(22-11-7-8-12-22)19-9-5-6-10-21-15-13-20(4-2)14-16-21/h3-16H2,1-2H3,(H,18,19). The summed E-state index contributed by atoms with van der Waals surface area (Å²) in [5.74, 6) is 1.14. The third kappa shape index (κ3) is 5.76. The van der Waals surface area contributed by atoms with Gasteiger partial charge in [0.05, 0.1) is 0 Å². The molecule has 0 radical (unpaired) electrons. The van der Waals surface area contributed by atoms with Gasteiger partial charge in [-0.25, -0.2) is 0 Å². The van der Waals surface area contributed by atoms with Crippen molar-refractivity contribution in [1.29, 1.82) is 0 Å². The summed E-state index contributed by atoms with van der Waals surface area (Å²) in [5.41, 5.74) is 0. The number of hydrogen-bond donors (Lipinski definition) is 1. The number of rotatable bonds is 7. The Morgan fingerprint density at radius 3 is 2.23 bits per heavy atom. The molecule has 2 fully saturated rings. The van der Waals surface area contributed by atoms with E-state index in [0.29, 0.717) is 0 Å². The smallest absolute Gasteiger partial charge is 0.193 e. The second-order valence-electron chi connectivity index (χ2n) is 6.41. The molecule has 22 heavy (non-hydrogen) atoms. The lowest BCUT2D eigenvalue weighted by Gasteiger charge is -2.33. The van der Waals surface area contributed by atoms with Crippen molar-refractivity contribution < 1.29 is 0 Å². The molecule has 0 atom stereocenters. The van der Waals surface area contributed by atoms with Gasteiger partial charge in [0.15, 0.2) is 5.96 Å². The molecule has 0 aromatic rings. The molecule has 2 aliphatic rings. The fraction of sp³-hybridized carbons (Fsp3) is 0.941. The number of hydrogen-bond acceptors (Lipinski definition) is 3. The number of unbranched alkanes of at least 4 members (excludes halogenated alkanes) is 1. The molecular weight excluding hydrogens is 274 g/mol. The van der Waals surface area contributed by atoms with Crippen molar-refractivity contribution in [2.45, 2.75) is 39.5 Å². The second-order valence-corrected chi connectivity index (χ2v) is 6.41. The molecule has 0 amide bonds. The Bertz CT molecular complexity index is 317. The molecule has 0 bridgehead atoms. The van der Waals surface area contributed by atoms with Gasteiger partial charge in [-0.15, -0.1) is 0 Å². The molecule has 2 heterocycles. The van der Waals surface area contributed by atoms with Crippen LogP contribution in [0.15, 0.2) is 4.99 Å². The maximum absolute atomic E-state index is 4.81. The van der Waals surface area contributed by atoms with Crippen LogP contribution < -0.4 is 5.32 Å². The summed E-state index contributed by atoms with van der Waals surface area (Å²) in [6, 6.07) is 0. The van der Waals surface area contributed by atoms with Crippen LogP contribution in [0.1, 0.15) is 39.5 Å². The fourth-order valence-corrected chi connectivity index (χ4v) is 3.32. The monoisotopic (exact) mass is 309 g/mol. The van der Waals surface area contributed by atoms with Gasteiger partial charge in [-0.05, 0) is 45.7 Å². The predicted molar refractivity (Wildman–Crippen MR) is 94.6 cm³/mol. The average molecular weight is 310 g/mol. The predicted octanol–water partition coefficient (Wildman–Crippen LogP) is 1.47. The Morgan fingerprint density at radius 1 is 0.909 bits per heavy atom. The number of piperazine rings is 1. The van der Waals surface area contributed by atoms with E-state index in [1.165, 1.54) is 78.0 Å². The molecule has 5 nitrogen and oxygen atoms in total. The lowest BCUT2D eigenvalue weighted by molar-refractivity contribution is 0.136. The van der Waals surface area contributed by atoms with Gasteiger partial charge in [-0.3, -0.25) is 4.99 Å². The van der Waals surface area contributed by atoms with Crippen molar-refractivity contribution in [2.24, 2.45) is 4.99 Å². The first kappa shape index (κ1) is 17.5. The van der Waals surface area contributed by atoms with Crippen LogP contribution in [-0.2, 0) is 0 Å². The summed E-state index contributed by atoms with van der Waals surface area (Å²) in [4.78, 5) is 12.4. The first-order valence-electron chi connectivity index (χ1n) is 9.31. The minimum Gasteiger partial charge on any atom is -0.357 e. The molecule has 0 aromatic heterocycles. The number of nitrogens with one attached hydrogen (secondary N) is 1. The van der Waals surface area contributed by atoms with Gasteiger partial charge in [-0.2, -0.15) is 0 Å². The fourth-order valence-electron chi connectivity index (χ4n) is 3.32. The molecule has 0 spiro atoms. The zero-order chi connectivity index (χ0) is 15.6. The van der Waals surface area contributed by atoms with Crippen LogP contribution >= 0.6 is 0 Å². The first-order valence-corrected chi connectivity index (χ1v) is 9.31. The molecule has 128 valence electrons. The van der Waals surface area contributed by atoms with E-state index < -0.39 is 0 Å². The van der Waals surface area contributed by atoms with Crippen LogP contribution in [0.25, 0.3) is 0 Å². The SMILES string of the molecule is CCNC(=NCCCCN1CCN(CC)CC1)N1CCCC1. The van der Waals surface area contributed by atoms with Gasteiger partial charge in [0.25, 0.3) is 0 Å². The largest absolute Gasteiger partial charge is 0.357 e. The Labute approximate surface area is 136 Å². The highest BCUT2D eigenvalue weighted by molar-refractivity contribution is 5.80. The van der Waals surface area contributed by atoms with E-state index in [0.717, 1.165) is 19.0 Å². The molecule has 0 saturated carbocycles. The molecule has 0 unspecified atom stereocenters. The molecule has 2 aliphatic heterocycles. The van der Waals surface area contributed by atoms with Crippen molar-refractivity contribution in [2.75, 3.05) is 65.4 Å². The molecule has 1 N–H and O–H groups in total. The van der Waals surface area contributed by atoms with Crippen molar-refractivity contribution in [3.05, 3.63) is 0 Å². The highest BCUT2D eigenvalue weighted by Gasteiger charge is 2.16. The summed E-state index contributed by atoms with van der Waals surface area (Å²) < 4.78 is 0. The summed E-state index contributed by atoms with van der Waals surface area (Å²) in [6.45, 7) is 16.1. The lowest BCUT2D eigenvalue weighted by atomic mass is 10.2. The Kier molecular flexibility index (Phi) is 8.02. The molecule has 2 saturated heterocycles. The van der Waals surface area contributed by atoms with Crippen LogP contribution in [0.2, 0.25) is 0 Å². The highest BCUT2D eigenvalue weighted by atomic mass is 15.3. The van der Waals surface area contributed by atoms with Crippen LogP contribution in [-0.4, -0.2) is 86.1 Å². The third-order valence-electron chi connectivity index (χ3n) is 4.80. The minimum absolute atomic E-state index is 0.966. The highest BCUT2D eigenvalue weighted by Crippen LogP contribution is 2.08.